The van der Waals surface area contributed by atoms with Crippen LogP contribution < -0.4 is 10.5 Å². The predicted molar refractivity (Wildman–Crippen MR) is 141 cm³/mol. The van der Waals surface area contributed by atoms with Gasteiger partial charge in [0, 0.05) is 17.0 Å². The lowest BCUT2D eigenvalue weighted by Gasteiger charge is -2.30. The summed E-state index contributed by atoms with van der Waals surface area (Å²) in [5.74, 6) is -0.907. The van der Waals surface area contributed by atoms with Crippen molar-refractivity contribution in [1.82, 2.24) is 4.90 Å². The Balaban J connectivity index is 1.62. The quantitative estimate of drug-likeness (QED) is 0.312. The zero-order valence-electron chi connectivity index (χ0n) is 20.1. The number of benzene rings is 2. The van der Waals surface area contributed by atoms with Gasteiger partial charge in [0.25, 0.3) is 5.91 Å². The van der Waals surface area contributed by atoms with Crippen LogP contribution in [0, 0.1) is 0 Å². The number of hydrogen-bond donors (Lipinski definition) is 2. The van der Waals surface area contributed by atoms with Crippen LogP contribution in [0.2, 0.25) is 0 Å². The molecule has 4 rings (SSSR count). The molecule has 37 heavy (non-hydrogen) atoms. The van der Waals surface area contributed by atoms with Gasteiger partial charge in [-0.2, -0.15) is 0 Å². The Morgan fingerprint density at radius 2 is 1.95 bits per heavy atom. The fourth-order valence-corrected chi connectivity index (χ4v) is 6.02. The van der Waals surface area contributed by atoms with Gasteiger partial charge in [-0.15, -0.1) is 11.3 Å². The fourth-order valence-electron chi connectivity index (χ4n) is 4.37. The molecule has 0 saturated carbocycles. The van der Waals surface area contributed by atoms with Crippen LogP contribution in [0.4, 0.5) is 5.00 Å². The molecular formula is C26H27N3O6S2. The monoisotopic (exact) mass is 541 g/mol. The summed E-state index contributed by atoms with van der Waals surface area (Å²) in [5, 5.41) is 8.88. The standard InChI is InChI=1S/C26H27N3O6S2/c1-2-35-26(32)20-15-23(17-8-4-3-5-9-17)36-24(20)28-21(16-30)22-12-7-13-29(22)25(31)18-10-6-11-19(14-18)37(27,33)34/h3-6,8-11,14-16,21-22,28H,2,7,12-13H2,1H3,(H2,27,33,34). The number of nitrogens with one attached hydrogen (secondary N) is 1. The molecule has 194 valence electrons. The van der Waals surface area contributed by atoms with E-state index in [0.29, 0.717) is 30.0 Å². The molecule has 2 heterocycles. The summed E-state index contributed by atoms with van der Waals surface area (Å²) >= 11 is 1.33. The Kier molecular flexibility index (Phi) is 8.06. The van der Waals surface area contributed by atoms with Crippen LogP contribution in [-0.4, -0.2) is 56.7 Å². The molecule has 1 aliphatic rings. The van der Waals surface area contributed by atoms with E-state index in [2.05, 4.69) is 5.32 Å². The maximum Gasteiger partial charge on any atom is 0.341 e. The van der Waals surface area contributed by atoms with Crippen molar-refractivity contribution in [2.24, 2.45) is 5.14 Å². The molecule has 3 N–H and O–H groups in total. The number of anilines is 1. The zero-order valence-corrected chi connectivity index (χ0v) is 21.8. The molecule has 2 atom stereocenters. The zero-order chi connectivity index (χ0) is 26.6. The topological polar surface area (TPSA) is 136 Å². The smallest absolute Gasteiger partial charge is 0.341 e. The first-order valence-corrected chi connectivity index (χ1v) is 14.1. The number of rotatable bonds is 9. The first kappa shape index (κ1) is 26.5. The van der Waals surface area contributed by atoms with Crippen LogP contribution in [0.15, 0.2) is 65.6 Å². The number of likely N-dealkylation sites (tertiary alicyclic amines) is 1. The second kappa shape index (κ2) is 11.2. The van der Waals surface area contributed by atoms with E-state index >= 15 is 0 Å². The van der Waals surface area contributed by atoms with Crippen LogP contribution in [0.1, 0.15) is 40.5 Å². The molecule has 1 amide bonds. The number of thiophene rings is 1. The third kappa shape index (κ3) is 5.90. The molecule has 1 fully saturated rings. The minimum Gasteiger partial charge on any atom is -0.462 e. The molecule has 9 nitrogen and oxygen atoms in total. The average Bonchev–Trinajstić information content (AvgIpc) is 3.55. The van der Waals surface area contributed by atoms with E-state index in [1.807, 2.05) is 30.3 Å². The van der Waals surface area contributed by atoms with Crippen LogP contribution >= 0.6 is 11.3 Å². The van der Waals surface area contributed by atoms with Gasteiger partial charge in [0.15, 0.2) is 0 Å². The summed E-state index contributed by atoms with van der Waals surface area (Å²) in [4.78, 5) is 40.5. The summed E-state index contributed by atoms with van der Waals surface area (Å²) in [5.41, 5.74) is 1.40. The largest absolute Gasteiger partial charge is 0.462 e. The number of carbonyl (C=O) groups is 3. The van der Waals surface area contributed by atoms with Gasteiger partial charge in [-0.25, -0.2) is 18.4 Å². The molecule has 0 aliphatic carbocycles. The SMILES string of the molecule is CCOC(=O)c1cc(-c2ccccc2)sc1NC(C=O)C1CCCN1C(=O)c1cccc(S(N)(=O)=O)c1. The Hall–Kier alpha value is -3.54. The van der Waals surface area contributed by atoms with E-state index in [0.717, 1.165) is 16.7 Å². The van der Waals surface area contributed by atoms with Gasteiger partial charge in [-0.05, 0) is 49.6 Å². The van der Waals surface area contributed by atoms with Gasteiger partial charge >= 0.3 is 5.97 Å². The second-order valence-corrected chi connectivity index (χ2v) is 11.1. The van der Waals surface area contributed by atoms with Crippen LogP contribution in [0.25, 0.3) is 10.4 Å². The van der Waals surface area contributed by atoms with E-state index in [9.17, 15) is 22.8 Å². The number of carbonyl (C=O) groups excluding carboxylic acids is 3. The molecule has 0 radical (unpaired) electrons. The van der Waals surface area contributed by atoms with Gasteiger partial charge in [-0.3, -0.25) is 4.79 Å². The normalized spacial score (nSPS) is 16.3. The summed E-state index contributed by atoms with van der Waals surface area (Å²) in [7, 11) is -3.98. The molecule has 1 aliphatic heterocycles. The van der Waals surface area contributed by atoms with Crippen molar-refractivity contribution < 1.29 is 27.5 Å². The number of hydrogen-bond acceptors (Lipinski definition) is 8. The van der Waals surface area contributed by atoms with Gasteiger partial charge in [0.1, 0.15) is 17.3 Å². The van der Waals surface area contributed by atoms with Crippen molar-refractivity contribution in [3.05, 3.63) is 71.8 Å². The van der Waals surface area contributed by atoms with E-state index in [-0.39, 0.29) is 17.1 Å². The van der Waals surface area contributed by atoms with E-state index in [1.54, 1.807) is 17.9 Å². The van der Waals surface area contributed by atoms with E-state index < -0.39 is 34.0 Å². The number of nitrogens with two attached hydrogens (primary N) is 1. The third-order valence-corrected chi connectivity index (χ3v) is 8.14. The van der Waals surface area contributed by atoms with Crippen LogP contribution in [0.3, 0.4) is 0 Å². The maximum absolute atomic E-state index is 13.3. The Morgan fingerprint density at radius 3 is 2.62 bits per heavy atom. The Morgan fingerprint density at radius 1 is 1.19 bits per heavy atom. The van der Waals surface area contributed by atoms with E-state index in [4.69, 9.17) is 9.88 Å². The van der Waals surface area contributed by atoms with Gasteiger partial charge in [0.05, 0.1) is 23.1 Å². The first-order valence-electron chi connectivity index (χ1n) is 11.7. The highest BCUT2D eigenvalue weighted by atomic mass is 32.2. The Labute approximate surface area is 219 Å². The summed E-state index contributed by atoms with van der Waals surface area (Å²) in [6, 6.07) is 15.5. The average molecular weight is 542 g/mol. The molecule has 1 saturated heterocycles. The number of amides is 1. The number of esters is 1. The minimum atomic E-state index is -3.98. The minimum absolute atomic E-state index is 0.162. The lowest BCUT2D eigenvalue weighted by Crippen LogP contribution is -2.47. The molecule has 0 bridgehead atoms. The molecule has 2 unspecified atom stereocenters. The molecule has 3 aromatic rings. The molecule has 2 aromatic carbocycles. The first-order chi connectivity index (χ1) is 17.7. The fraction of sp³-hybridized carbons (Fsp3) is 0.269. The highest BCUT2D eigenvalue weighted by molar-refractivity contribution is 7.89. The summed E-state index contributed by atoms with van der Waals surface area (Å²) in [6.07, 6.45) is 1.96. The molecule has 1 aromatic heterocycles. The highest BCUT2D eigenvalue weighted by Gasteiger charge is 2.36. The van der Waals surface area contributed by atoms with Gasteiger partial charge in [0.2, 0.25) is 10.0 Å². The number of nitrogens with zero attached hydrogens (tertiary/aromatic N) is 1. The predicted octanol–water partition coefficient (Wildman–Crippen LogP) is 3.52. The summed E-state index contributed by atoms with van der Waals surface area (Å²) in [6.45, 7) is 2.32. The van der Waals surface area contributed by atoms with Gasteiger partial charge in [-0.1, -0.05) is 36.4 Å². The third-order valence-electron chi connectivity index (χ3n) is 6.11. The highest BCUT2D eigenvalue weighted by Crippen LogP contribution is 2.37. The van der Waals surface area contributed by atoms with Crippen LogP contribution in [-0.2, 0) is 19.6 Å². The van der Waals surface area contributed by atoms with Crippen molar-refractivity contribution in [1.29, 1.82) is 0 Å². The lowest BCUT2D eigenvalue weighted by atomic mass is 10.1. The Bertz CT molecular complexity index is 1400. The molecular weight excluding hydrogens is 514 g/mol. The van der Waals surface area contributed by atoms with Crippen molar-refractivity contribution in [3.63, 3.8) is 0 Å². The number of aldehydes is 1. The number of ether oxygens (including phenoxy) is 1. The number of primary sulfonamides is 1. The maximum atomic E-state index is 13.3. The van der Waals surface area contributed by atoms with Crippen molar-refractivity contribution in [2.75, 3.05) is 18.5 Å². The lowest BCUT2D eigenvalue weighted by molar-refractivity contribution is -0.109. The molecule has 11 heteroatoms. The van der Waals surface area contributed by atoms with E-state index in [1.165, 1.54) is 35.6 Å². The van der Waals surface area contributed by atoms with Crippen molar-refractivity contribution in [3.8, 4) is 10.4 Å². The van der Waals surface area contributed by atoms with Gasteiger partial charge < -0.3 is 19.7 Å². The van der Waals surface area contributed by atoms with Crippen molar-refractivity contribution >= 4 is 44.5 Å². The molecule has 0 spiro atoms. The van der Waals surface area contributed by atoms with Crippen molar-refractivity contribution in [2.45, 2.75) is 36.7 Å². The number of sulfonamides is 1. The second-order valence-electron chi connectivity index (χ2n) is 8.53. The van der Waals surface area contributed by atoms with Crippen LogP contribution in [0.5, 0.6) is 0 Å². The summed E-state index contributed by atoms with van der Waals surface area (Å²) < 4.78 is 28.7.